The Morgan fingerprint density at radius 3 is 2.15 bits per heavy atom. The second-order valence-corrected chi connectivity index (χ2v) is 2.39. The molecule has 72 valence electrons. The van der Waals surface area contributed by atoms with E-state index in [0.29, 0.717) is 0 Å². The highest BCUT2D eigenvalue weighted by Crippen LogP contribution is 1.96. The van der Waals surface area contributed by atoms with E-state index < -0.39 is 24.2 Å². The van der Waals surface area contributed by atoms with Crippen LogP contribution in [0.4, 0.5) is 0 Å². The largest absolute Gasteiger partial charge is 0.376 e. The minimum Gasteiger partial charge on any atom is -0.376 e. The van der Waals surface area contributed by atoms with Gasteiger partial charge in [0.25, 0.3) is 5.91 Å². The van der Waals surface area contributed by atoms with E-state index in [1.54, 1.807) is 0 Å². The predicted octanol–water partition coefficient (Wildman–Crippen LogP) is -0.843. The zero-order valence-electron chi connectivity index (χ0n) is 7.46. The van der Waals surface area contributed by atoms with Gasteiger partial charge in [0, 0.05) is 0 Å². The maximum absolute atomic E-state index is 11.0. The van der Waals surface area contributed by atoms with Gasteiger partial charge in [-0.15, -0.1) is 0 Å². The summed E-state index contributed by atoms with van der Waals surface area (Å²) in [5, 5.41) is 10.4. The first-order valence-corrected chi connectivity index (χ1v) is 3.61. The summed E-state index contributed by atoms with van der Waals surface area (Å²) in [6, 6.07) is 0. The monoisotopic (exact) mass is 185 g/mol. The molecule has 0 saturated heterocycles. The number of amides is 1. The minimum absolute atomic E-state index is 0.249. The van der Waals surface area contributed by atoms with Gasteiger partial charge in [-0.05, 0) is 19.9 Å². The fourth-order valence-electron chi connectivity index (χ4n) is 0.697. The highest BCUT2D eigenvalue weighted by molar-refractivity contribution is 6.21. The predicted molar refractivity (Wildman–Crippen MR) is 44.7 cm³/mol. The average molecular weight is 185 g/mol. The summed E-state index contributed by atoms with van der Waals surface area (Å²) >= 11 is 0. The van der Waals surface area contributed by atoms with Gasteiger partial charge in [-0.25, -0.2) is 0 Å². The van der Waals surface area contributed by atoms with Gasteiger partial charge in [-0.1, -0.05) is 0 Å². The van der Waals surface area contributed by atoms with E-state index in [0.717, 1.165) is 6.08 Å². The summed E-state index contributed by atoms with van der Waals surface area (Å²) < 4.78 is 0. The van der Waals surface area contributed by atoms with Crippen molar-refractivity contribution in [2.45, 2.75) is 13.8 Å². The number of nitrogens with one attached hydrogen (secondary N) is 1. The molecular formula is C8H11NO4. The maximum Gasteiger partial charge on any atom is 0.256 e. The van der Waals surface area contributed by atoms with Crippen molar-refractivity contribution >= 4 is 17.5 Å². The Morgan fingerprint density at radius 1 is 1.31 bits per heavy atom. The summed E-state index contributed by atoms with van der Waals surface area (Å²) in [5.41, 5.74) is -0.249. The second kappa shape index (κ2) is 5.21. The molecule has 0 radical (unpaired) electrons. The number of aliphatic hydroxyl groups excluding tert-OH is 1. The second-order valence-electron chi connectivity index (χ2n) is 2.39. The lowest BCUT2D eigenvalue weighted by molar-refractivity contribution is -0.123. The molecule has 2 N–H and O–H groups in total. The normalized spacial score (nSPS) is 10.8. The smallest absolute Gasteiger partial charge is 0.256 e. The molecule has 5 heteroatoms. The van der Waals surface area contributed by atoms with Crippen LogP contribution in [0.1, 0.15) is 13.8 Å². The summed E-state index contributed by atoms with van der Waals surface area (Å²) in [6.07, 6.45) is 0.938. The van der Waals surface area contributed by atoms with Gasteiger partial charge >= 0.3 is 0 Å². The Hall–Kier alpha value is -1.49. The van der Waals surface area contributed by atoms with E-state index in [1.165, 1.54) is 13.8 Å². The van der Waals surface area contributed by atoms with Crippen molar-refractivity contribution < 1.29 is 19.5 Å². The van der Waals surface area contributed by atoms with Crippen LogP contribution in [0.25, 0.3) is 0 Å². The lowest BCUT2D eigenvalue weighted by Crippen LogP contribution is -2.28. The molecule has 0 saturated carbocycles. The molecule has 0 aliphatic rings. The first kappa shape index (κ1) is 11.5. The van der Waals surface area contributed by atoms with E-state index in [1.807, 2.05) is 5.32 Å². The molecule has 0 unspecified atom stereocenters. The van der Waals surface area contributed by atoms with Crippen molar-refractivity contribution in [3.05, 3.63) is 11.6 Å². The topological polar surface area (TPSA) is 83.5 Å². The molecule has 0 atom stereocenters. The maximum atomic E-state index is 11.0. The molecular weight excluding hydrogens is 174 g/mol. The molecule has 0 spiro atoms. The Kier molecular flexibility index (Phi) is 4.61. The molecule has 0 bridgehead atoms. The molecule has 13 heavy (non-hydrogen) atoms. The SMILES string of the molecule is CC(=O)/C=C(\C(C)=O)C(=O)NCO. The standard InChI is InChI=1S/C8H11NO4/c1-5(11)3-7(6(2)12)8(13)9-4-10/h3,10H,4H2,1-2H3,(H,9,13)/b7-3+. The number of aliphatic hydroxyl groups is 1. The van der Waals surface area contributed by atoms with E-state index >= 15 is 0 Å². The Morgan fingerprint density at radius 2 is 1.85 bits per heavy atom. The summed E-state index contributed by atoms with van der Waals surface area (Å²) in [7, 11) is 0. The van der Waals surface area contributed by atoms with Gasteiger partial charge in [0.1, 0.15) is 6.73 Å². The summed E-state index contributed by atoms with van der Waals surface area (Å²) in [4.78, 5) is 32.4. The zero-order chi connectivity index (χ0) is 10.4. The highest BCUT2D eigenvalue weighted by atomic mass is 16.3. The Balaban J connectivity index is 4.71. The minimum atomic E-state index is -0.745. The van der Waals surface area contributed by atoms with Crippen LogP contribution in [0.5, 0.6) is 0 Å². The highest BCUT2D eigenvalue weighted by Gasteiger charge is 2.13. The lowest BCUT2D eigenvalue weighted by Gasteiger charge is -2.01. The number of allylic oxidation sites excluding steroid dienone is 1. The van der Waals surface area contributed by atoms with Crippen LogP contribution in [0, 0.1) is 0 Å². The van der Waals surface area contributed by atoms with Gasteiger partial charge in [0.05, 0.1) is 5.57 Å². The fraction of sp³-hybridized carbons (Fsp3) is 0.375. The third-order valence-corrected chi connectivity index (χ3v) is 1.21. The number of hydrogen-bond donors (Lipinski definition) is 2. The van der Waals surface area contributed by atoms with Gasteiger partial charge in [-0.2, -0.15) is 0 Å². The van der Waals surface area contributed by atoms with Crippen molar-refractivity contribution in [3.63, 3.8) is 0 Å². The summed E-state index contributed by atoms with van der Waals surface area (Å²) in [5.74, 6) is -1.65. The van der Waals surface area contributed by atoms with Crippen molar-refractivity contribution in [2.75, 3.05) is 6.73 Å². The molecule has 5 nitrogen and oxygen atoms in total. The third kappa shape index (κ3) is 4.17. The summed E-state index contributed by atoms with van der Waals surface area (Å²) in [6.45, 7) is 1.84. The van der Waals surface area contributed by atoms with Crippen molar-refractivity contribution in [1.29, 1.82) is 0 Å². The number of Topliss-reactive ketones (excluding diaryl/α,β-unsaturated/α-hetero) is 1. The molecule has 0 aliphatic heterocycles. The number of hydrogen-bond acceptors (Lipinski definition) is 4. The molecule has 1 amide bonds. The number of carbonyl (C=O) groups excluding carboxylic acids is 3. The molecule has 0 aromatic heterocycles. The Labute approximate surface area is 75.4 Å². The van der Waals surface area contributed by atoms with Crippen molar-refractivity contribution in [1.82, 2.24) is 5.32 Å². The van der Waals surface area contributed by atoms with Crippen molar-refractivity contribution in [3.8, 4) is 0 Å². The molecule has 0 fully saturated rings. The van der Waals surface area contributed by atoms with Crippen LogP contribution in [-0.2, 0) is 14.4 Å². The number of carbonyl (C=O) groups is 3. The van der Waals surface area contributed by atoms with Gasteiger partial charge < -0.3 is 10.4 Å². The van der Waals surface area contributed by atoms with E-state index in [9.17, 15) is 14.4 Å². The van der Waals surface area contributed by atoms with Crippen LogP contribution < -0.4 is 5.32 Å². The van der Waals surface area contributed by atoms with E-state index in [4.69, 9.17) is 5.11 Å². The fourth-order valence-corrected chi connectivity index (χ4v) is 0.697. The van der Waals surface area contributed by atoms with Crippen molar-refractivity contribution in [2.24, 2.45) is 0 Å². The molecule has 0 aliphatic carbocycles. The first-order chi connectivity index (χ1) is 5.99. The van der Waals surface area contributed by atoms with Crippen LogP contribution in [0.3, 0.4) is 0 Å². The Bertz CT molecular complexity index is 267. The molecule has 0 heterocycles. The quantitative estimate of drug-likeness (QED) is 0.259. The van der Waals surface area contributed by atoms with Gasteiger partial charge in [0.2, 0.25) is 0 Å². The lowest BCUT2D eigenvalue weighted by atomic mass is 10.1. The van der Waals surface area contributed by atoms with Gasteiger partial charge in [-0.3, -0.25) is 14.4 Å². The van der Waals surface area contributed by atoms with E-state index in [2.05, 4.69) is 0 Å². The number of rotatable bonds is 4. The van der Waals surface area contributed by atoms with Crippen LogP contribution in [-0.4, -0.2) is 29.3 Å². The average Bonchev–Trinajstić information content (AvgIpc) is 1.99. The number of ketones is 2. The molecule has 0 aromatic rings. The van der Waals surface area contributed by atoms with Crippen LogP contribution in [0.15, 0.2) is 11.6 Å². The van der Waals surface area contributed by atoms with Gasteiger partial charge in [0.15, 0.2) is 11.6 Å². The van der Waals surface area contributed by atoms with Crippen LogP contribution >= 0.6 is 0 Å². The first-order valence-electron chi connectivity index (χ1n) is 3.61. The molecule has 0 rings (SSSR count). The van der Waals surface area contributed by atoms with E-state index in [-0.39, 0.29) is 5.57 Å². The molecule has 0 aromatic carbocycles. The third-order valence-electron chi connectivity index (χ3n) is 1.21. The zero-order valence-corrected chi connectivity index (χ0v) is 7.46. The van der Waals surface area contributed by atoms with Crippen LogP contribution in [0.2, 0.25) is 0 Å².